The lowest BCUT2D eigenvalue weighted by Crippen LogP contribution is -2.53. The van der Waals surface area contributed by atoms with Crippen molar-refractivity contribution in [2.24, 2.45) is 5.73 Å². The summed E-state index contributed by atoms with van der Waals surface area (Å²) in [6.07, 6.45) is 8.83. The van der Waals surface area contributed by atoms with Gasteiger partial charge in [0.25, 0.3) is 0 Å². The number of aryl methyl sites for hydroxylation is 1. The van der Waals surface area contributed by atoms with E-state index in [2.05, 4.69) is 58.0 Å². The van der Waals surface area contributed by atoms with Gasteiger partial charge < -0.3 is 21.3 Å². The molecule has 1 unspecified atom stereocenters. The molecule has 5 heteroatoms. The number of anilines is 1. The van der Waals surface area contributed by atoms with Gasteiger partial charge in [0.1, 0.15) is 0 Å². The number of pyridine rings is 1. The molecule has 0 bridgehead atoms. The van der Waals surface area contributed by atoms with Gasteiger partial charge >= 0.3 is 0 Å². The molecule has 0 spiro atoms. The molecule has 3 atom stereocenters. The molecule has 0 amide bonds. The van der Waals surface area contributed by atoms with Crippen LogP contribution in [0, 0.1) is 0 Å². The molecule has 2 aromatic rings. The molecule has 0 radical (unpaired) electrons. The first-order valence-corrected chi connectivity index (χ1v) is 11.3. The summed E-state index contributed by atoms with van der Waals surface area (Å²) in [7, 11) is 0. The van der Waals surface area contributed by atoms with Gasteiger partial charge in [0.05, 0.1) is 5.69 Å². The summed E-state index contributed by atoms with van der Waals surface area (Å²) in [5.74, 6) is 0. The van der Waals surface area contributed by atoms with Crippen molar-refractivity contribution in [3.8, 4) is 0 Å². The molecule has 2 aliphatic rings. The van der Waals surface area contributed by atoms with E-state index in [9.17, 15) is 0 Å². The quantitative estimate of drug-likeness (QED) is 0.643. The smallest absolute Gasteiger partial charge is 0.0605 e. The number of para-hydroxylation sites is 1. The van der Waals surface area contributed by atoms with E-state index in [-0.39, 0.29) is 0 Å². The second-order valence-corrected chi connectivity index (χ2v) is 8.46. The third-order valence-electron chi connectivity index (χ3n) is 6.33. The summed E-state index contributed by atoms with van der Waals surface area (Å²) in [5.41, 5.74) is 9.86. The van der Waals surface area contributed by atoms with Gasteiger partial charge in [-0.15, -0.1) is 0 Å². The zero-order valence-electron chi connectivity index (χ0n) is 17.4. The molecule has 0 saturated carbocycles. The zero-order valence-corrected chi connectivity index (χ0v) is 17.4. The number of nitrogens with two attached hydrogens (primary N) is 1. The second-order valence-electron chi connectivity index (χ2n) is 8.46. The number of fused-ring (bicyclic) bond motifs is 1. The molecule has 1 aliphatic heterocycles. The van der Waals surface area contributed by atoms with Crippen molar-refractivity contribution in [3.63, 3.8) is 0 Å². The SMILES string of the molecule is NCCCC(C[C@H]1CN(c2ccccc2)CCN1)N[C@H]1CCCc2cccnc21. The summed E-state index contributed by atoms with van der Waals surface area (Å²) in [6, 6.07) is 16.4. The van der Waals surface area contributed by atoms with Crippen LogP contribution in [0.15, 0.2) is 48.7 Å². The van der Waals surface area contributed by atoms with Gasteiger partial charge in [-0.1, -0.05) is 24.3 Å². The predicted molar refractivity (Wildman–Crippen MR) is 120 cm³/mol. The van der Waals surface area contributed by atoms with E-state index >= 15 is 0 Å². The number of benzene rings is 1. The highest BCUT2D eigenvalue weighted by Gasteiger charge is 2.27. The molecular weight excluding hydrogens is 358 g/mol. The van der Waals surface area contributed by atoms with Gasteiger partial charge in [0.15, 0.2) is 0 Å². The normalized spacial score (nSPS) is 22.9. The number of nitrogens with zero attached hydrogens (tertiary/aromatic N) is 2. The van der Waals surface area contributed by atoms with Gasteiger partial charge in [-0.25, -0.2) is 0 Å². The average Bonchev–Trinajstić information content (AvgIpc) is 2.78. The fourth-order valence-corrected chi connectivity index (χ4v) is 4.89. The van der Waals surface area contributed by atoms with Gasteiger partial charge in [-0.3, -0.25) is 4.98 Å². The Morgan fingerprint density at radius 2 is 2.10 bits per heavy atom. The highest BCUT2D eigenvalue weighted by molar-refractivity contribution is 5.46. The molecule has 1 aliphatic carbocycles. The van der Waals surface area contributed by atoms with Crippen LogP contribution in [-0.2, 0) is 6.42 Å². The minimum Gasteiger partial charge on any atom is -0.369 e. The van der Waals surface area contributed by atoms with E-state index in [0.29, 0.717) is 18.1 Å². The lowest BCUT2D eigenvalue weighted by Gasteiger charge is -2.38. The standard InChI is InChI=1S/C24H35N5/c25-13-5-9-20(28-23-12-4-7-19-8-6-14-27-24(19)23)17-21-18-29(16-15-26-21)22-10-2-1-3-11-22/h1-3,6,8,10-11,14,20-21,23,26,28H,4-5,7,9,12-13,15-18,25H2/t20?,21-,23-/m0/s1. The predicted octanol–water partition coefficient (Wildman–Crippen LogP) is 3.02. The first kappa shape index (κ1) is 20.3. The fourth-order valence-electron chi connectivity index (χ4n) is 4.89. The summed E-state index contributed by atoms with van der Waals surface area (Å²) in [6.45, 7) is 3.93. The molecule has 1 fully saturated rings. The maximum atomic E-state index is 5.85. The van der Waals surface area contributed by atoms with Crippen molar-refractivity contribution in [1.29, 1.82) is 0 Å². The van der Waals surface area contributed by atoms with Crippen LogP contribution < -0.4 is 21.3 Å². The van der Waals surface area contributed by atoms with Gasteiger partial charge in [0, 0.05) is 49.6 Å². The van der Waals surface area contributed by atoms with Crippen molar-refractivity contribution in [2.75, 3.05) is 31.1 Å². The Balaban J connectivity index is 1.41. The number of aromatic nitrogens is 1. The first-order chi connectivity index (χ1) is 14.3. The third kappa shape index (κ3) is 5.35. The van der Waals surface area contributed by atoms with Gasteiger partial charge in [0.2, 0.25) is 0 Å². The molecule has 29 heavy (non-hydrogen) atoms. The molecule has 1 saturated heterocycles. The Bertz CT molecular complexity index is 750. The van der Waals surface area contributed by atoms with Crippen LogP contribution in [0.5, 0.6) is 0 Å². The van der Waals surface area contributed by atoms with Crippen molar-refractivity contribution in [3.05, 3.63) is 59.9 Å². The van der Waals surface area contributed by atoms with Crippen molar-refractivity contribution < 1.29 is 0 Å². The van der Waals surface area contributed by atoms with Crippen molar-refractivity contribution in [1.82, 2.24) is 15.6 Å². The maximum absolute atomic E-state index is 5.85. The molecule has 2 heterocycles. The number of nitrogens with one attached hydrogen (secondary N) is 2. The van der Waals surface area contributed by atoms with Crippen LogP contribution in [0.25, 0.3) is 0 Å². The first-order valence-electron chi connectivity index (χ1n) is 11.3. The van der Waals surface area contributed by atoms with E-state index in [4.69, 9.17) is 10.7 Å². The zero-order chi connectivity index (χ0) is 19.9. The summed E-state index contributed by atoms with van der Waals surface area (Å²) < 4.78 is 0. The summed E-state index contributed by atoms with van der Waals surface area (Å²) >= 11 is 0. The molecular formula is C24H35N5. The van der Waals surface area contributed by atoms with Crippen LogP contribution in [0.3, 0.4) is 0 Å². The monoisotopic (exact) mass is 393 g/mol. The topological polar surface area (TPSA) is 66.2 Å². The van der Waals surface area contributed by atoms with E-state index in [0.717, 1.165) is 51.9 Å². The Morgan fingerprint density at radius 1 is 1.21 bits per heavy atom. The maximum Gasteiger partial charge on any atom is 0.0605 e. The molecule has 4 N–H and O–H groups in total. The minimum absolute atomic E-state index is 0.372. The van der Waals surface area contributed by atoms with Crippen LogP contribution in [0.1, 0.15) is 49.4 Å². The van der Waals surface area contributed by atoms with E-state index < -0.39 is 0 Å². The molecule has 4 rings (SSSR count). The number of piperazine rings is 1. The minimum atomic E-state index is 0.372. The van der Waals surface area contributed by atoms with Crippen molar-refractivity contribution >= 4 is 5.69 Å². The number of hydrogen-bond donors (Lipinski definition) is 3. The van der Waals surface area contributed by atoms with Crippen molar-refractivity contribution in [2.45, 2.75) is 56.7 Å². The van der Waals surface area contributed by atoms with Crippen LogP contribution in [-0.4, -0.2) is 43.2 Å². The Morgan fingerprint density at radius 3 is 2.97 bits per heavy atom. The highest BCUT2D eigenvalue weighted by Crippen LogP contribution is 2.29. The largest absolute Gasteiger partial charge is 0.369 e. The lowest BCUT2D eigenvalue weighted by atomic mass is 9.90. The Kier molecular flexibility index (Phi) is 7.14. The van der Waals surface area contributed by atoms with E-state index in [1.807, 2.05) is 6.20 Å². The Labute approximate surface area is 175 Å². The fraction of sp³-hybridized carbons (Fsp3) is 0.542. The average molecular weight is 394 g/mol. The molecule has 1 aromatic carbocycles. The van der Waals surface area contributed by atoms with E-state index in [1.54, 1.807) is 0 Å². The van der Waals surface area contributed by atoms with Gasteiger partial charge in [-0.05, 0) is 68.8 Å². The van der Waals surface area contributed by atoms with Crippen LogP contribution in [0.2, 0.25) is 0 Å². The molecule has 156 valence electrons. The van der Waals surface area contributed by atoms with E-state index in [1.165, 1.54) is 29.8 Å². The highest BCUT2D eigenvalue weighted by atomic mass is 15.2. The number of rotatable bonds is 8. The summed E-state index contributed by atoms with van der Waals surface area (Å²) in [5, 5.41) is 7.73. The Hall–Kier alpha value is -1.95. The summed E-state index contributed by atoms with van der Waals surface area (Å²) in [4.78, 5) is 7.23. The molecule has 5 nitrogen and oxygen atoms in total. The van der Waals surface area contributed by atoms with Crippen LogP contribution >= 0.6 is 0 Å². The third-order valence-corrected chi connectivity index (χ3v) is 6.33. The van der Waals surface area contributed by atoms with Crippen LogP contribution in [0.4, 0.5) is 5.69 Å². The molecule has 1 aromatic heterocycles. The lowest BCUT2D eigenvalue weighted by molar-refractivity contribution is 0.313. The number of hydrogen-bond acceptors (Lipinski definition) is 5. The second kappa shape index (κ2) is 10.2. The van der Waals surface area contributed by atoms with Gasteiger partial charge in [-0.2, -0.15) is 0 Å².